The van der Waals surface area contributed by atoms with Crippen molar-refractivity contribution >= 4 is 75.5 Å². The third kappa shape index (κ3) is 5.21. The van der Waals surface area contributed by atoms with Gasteiger partial charge < -0.3 is 9.13 Å². The second-order valence-electron chi connectivity index (χ2n) is 13.3. The van der Waals surface area contributed by atoms with Gasteiger partial charge in [-0.25, -0.2) is 0 Å². The molecule has 246 valence electrons. The Morgan fingerprint density at radius 1 is 0.269 bits per heavy atom. The molecular formula is C48H30Br2N2. The molecule has 0 aliphatic carbocycles. The molecule has 0 aliphatic rings. The predicted octanol–water partition coefficient (Wildman–Crippen LogP) is 14.4. The highest BCUT2D eigenvalue weighted by atomic mass is 79.9. The van der Waals surface area contributed by atoms with E-state index in [-0.39, 0.29) is 0 Å². The van der Waals surface area contributed by atoms with Crippen molar-refractivity contribution in [2.24, 2.45) is 0 Å². The third-order valence-electron chi connectivity index (χ3n) is 10.2. The van der Waals surface area contributed by atoms with Gasteiger partial charge in [0.2, 0.25) is 0 Å². The number of hydrogen-bond donors (Lipinski definition) is 0. The topological polar surface area (TPSA) is 9.86 Å². The largest absolute Gasteiger partial charge is 0.309 e. The molecule has 8 aromatic carbocycles. The Kier molecular flexibility index (Phi) is 7.49. The summed E-state index contributed by atoms with van der Waals surface area (Å²) in [5.74, 6) is 0. The summed E-state index contributed by atoms with van der Waals surface area (Å²) >= 11 is 7.20. The van der Waals surface area contributed by atoms with Crippen molar-refractivity contribution in [2.45, 2.75) is 0 Å². The van der Waals surface area contributed by atoms with Crippen LogP contribution in [0.25, 0.3) is 88.4 Å². The summed E-state index contributed by atoms with van der Waals surface area (Å²) in [6.07, 6.45) is 0. The maximum Gasteiger partial charge on any atom is 0.0541 e. The molecule has 10 aromatic rings. The first kappa shape index (κ1) is 31.1. The molecule has 2 aromatic heterocycles. The maximum atomic E-state index is 3.60. The van der Waals surface area contributed by atoms with Gasteiger partial charge in [0.15, 0.2) is 0 Å². The van der Waals surface area contributed by atoms with Crippen molar-refractivity contribution in [3.63, 3.8) is 0 Å². The van der Waals surface area contributed by atoms with Crippen LogP contribution in [0.2, 0.25) is 0 Å². The molecular weight excluding hydrogens is 764 g/mol. The second kappa shape index (κ2) is 12.5. The molecule has 0 bridgehead atoms. The lowest BCUT2D eigenvalue weighted by molar-refractivity contribution is 1.18. The SMILES string of the molecule is Brc1ccc(-c2ccc3c(c2)c2cc(-c4ccc5c(c4)c4cc(-c6ccc(Br)cc6)ccc4n5-c4ccccc4)ccc2n3-c2ccccc2)cc1. The summed E-state index contributed by atoms with van der Waals surface area (Å²) in [4.78, 5) is 0. The summed E-state index contributed by atoms with van der Waals surface area (Å²) in [7, 11) is 0. The van der Waals surface area contributed by atoms with Crippen LogP contribution in [-0.2, 0) is 0 Å². The highest BCUT2D eigenvalue weighted by Gasteiger charge is 2.17. The van der Waals surface area contributed by atoms with E-state index in [4.69, 9.17) is 0 Å². The molecule has 0 N–H and O–H groups in total. The summed E-state index contributed by atoms with van der Waals surface area (Å²) in [6, 6.07) is 66.1. The van der Waals surface area contributed by atoms with Crippen LogP contribution < -0.4 is 0 Å². The molecule has 0 unspecified atom stereocenters. The second-order valence-corrected chi connectivity index (χ2v) is 15.1. The molecule has 2 nitrogen and oxygen atoms in total. The normalized spacial score (nSPS) is 11.7. The monoisotopic (exact) mass is 792 g/mol. The van der Waals surface area contributed by atoms with Gasteiger partial charge in [-0.2, -0.15) is 0 Å². The van der Waals surface area contributed by atoms with E-state index < -0.39 is 0 Å². The highest BCUT2D eigenvalue weighted by molar-refractivity contribution is 9.10. The lowest BCUT2D eigenvalue weighted by atomic mass is 9.98. The fourth-order valence-corrected chi connectivity index (χ4v) is 8.29. The number of aromatic nitrogens is 2. The molecule has 0 atom stereocenters. The molecule has 10 rings (SSSR count). The van der Waals surface area contributed by atoms with Crippen LogP contribution in [-0.4, -0.2) is 9.13 Å². The minimum Gasteiger partial charge on any atom is -0.309 e. The molecule has 0 spiro atoms. The van der Waals surface area contributed by atoms with Gasteiger partial charge in [0.1, 0.15) is 0 Å². The molecule has 0 saturated carbocycles. The molecule has 0 amide bonds. The lowest BCUT2D eigenvalue weighted by Gasteiger charge is -2.09. The maximum absolute atomic E-state index is 3.60. The van der Waals surface area contributed by atoms with Gasteiger partial charge >= 0.3 is 0 Å². The summed E-state index contributed by atoms with van der Waals surface area (Å²) in [6.45, 7) is 0. The predicted molar refractivity (Wildman–Crippen MR) is 227 cm³/mol. The Labute approximate surface area is 318 Å². The molecule has 0 aliphatic heterocycles. The highest BCUT2D eigenvalue weighted by Crippen LogP contribution is 2.40. The van der Waals surface area contributed by atoms with Crippen molar-refractivity contribution in [1.82, 2.24) is 9.13 Å². The van der Waals surface area contributed by atoms with E-state index in [1.54, 1.807) is 0 Å². The van der Waals surface area contributed by atoms with Crippen LogP contribution in [0.4, 0.5) is 0 Å². The van der Waals surface area contributed by atoms with E-state index in [1.165, 1.54) is 77.0 Å². The van der Waals surface area contributed by atoms with Crippen LogP contribution in [0.5, 0.6) is 0 Å². The fraction of sp³-hybridized carbons (Fsp3) is 0. The van der Waals surface area contributed by atoms with Gasteiger partial charge in [0.25, 0.3) is 0 Å². The van der Waals surface area contributed by atoms with Crippen molar-refractivity contribution in [1.29, 1.82) is 0 Å². The van der Waals surface area contributed by atoms with Crippen LogP contribution in [0.1, 0.15) is 0 Å². The van der Waals surface area contributed by atoms with Crippen LogP contribution >= 0.6 is 31.9 Å². The average Bonchev–Trinajstić information content (AvgIpc) is 3.70. The zero-order valence-corrected chi connectivity index (χ0v) is 31.1. The number of hydrogen-bond acceptors (Lipinski definition) is 0. The van der Waals surface area contributed by atoms with E-state index in [2.05, 4.69) is 223 Å². The van der Waals surface area contributed by atoms with E-state index in [9.17, 15) is 0 Å². The van der Waals surface area contributed by atoms with Gasteiger partial charge in [0.05, 0.1) is 22.1 Å². The Balaban J connectivity index is 1.19. The number of halogens is 2. The average molecular weight is 795 g/mol. The fourth-order valence-electron chi connectivity index (χ4n) is 7.76. The number of fused-ring (bicyclic) bond motifs is 6. The first-order chi connectivity index (χ1) is 25.6. The van der Waals surface area contributed by atoms with Gasteiger partial charge in [0, 0.05) is 41.9 Å². The summed E-state index contributed by atoms with van der Waals surface area (Å²) in [5.41, 5.74) is 14.3. The summed E-state index contributed by atoms with van der Waals surface area (Å²) in [5, 5.41) is 4.95. The zero-order chi connectivity index (χ0) is 34.8. The van der Waals surface area contributed by atoms with Crippen molar-refractivity contribution in [2.75, 3.05) is 0 Å². The van der Waals surface area contributed by atoms with Gasteiger partial charge in [-0.1, -0.05) is 117 Å². The lowest BCUT2D eigenvalue weighted by Crippen LogP contribution is -1.93. The number of rotatable bonds is 5. The standard InChI is InChI=1S/C48H30Br2N2/c49-37-19-11-31(12-20-37)33-15-23-45-41(27-33)43-29-35(17-25-47(43)51(45)39-7-3-1-4-8-39)36-18-26-48-44(30-36)42-28-34(32-13-21-38(50)22-14-32)16-24-46(42)52(48)40-9-5-2-6-10-40/h1-30H. The van der Waals surface area contributed by atoms with E-state index >= 15 is 0 Å². The minimum absolute atomic E-state index is 1.08. The van der Waals surface area contributed by atoms with E-state index in [0.29, 0.717) is 0 Å². The van der Waals surface area contributed by atoms with E-state index in [0.717, 1.165) is 20.3 Å². The van der Waals surface area contributed by atoms with Gasteiger partial charge in [-0.3, -0.25) is 0 Å². The quantitative estimate of drug-likeness (QED) is 0.164. The number of benzene rings is 8. The van der Waals surface area contributed by atoms with Crippen LogP contribution in [0.15, 0.2) is 191 Å². The Bertz CT molecular complexity index is 2730. The van der Waals surface area contributed by atoms with Gasteiger partial charge in [-0.15, -0.1) is 0 Å². The number of para-hydroxylation sites is 2. The van der Waals surface area contributed by atoms with Crippen LogP contribution in [0, 0.1) is 0 Å². The molecule has 0 radical (unpaired) electrons. The van der Waals surface area contributed by atoms with Crippen molar-refractivity contribution in [3.8, 4) is 44.8 Å². The minimum atomic E-state index is 1.08. The molecule has 52 heavy (non-hydrogen) atoms. The Hall–Kier alpha value is -5.68. The molecule has 0 saturated heterocycles. The smallest absolute Gasteiger partial charge is 0.0541 e. The first-order valence-corrected chi connectivity index (χ1v) is 19.0. The number of nitrogens with zero attached hydrogens (tertiary/aromatic N) is 2. The van der Waals surface area contributed by atoms with Gasteiger partial charge in [-0.05, 0) is 130 Å². The van der Waals surface area contributed by atoms with Crippen LogP contribution in [0.3, 0.4) is 0 Å². The summed E-state index contributed by atoms with van der Waals surface area (Å²) < 4.78 is 6.94. The van der Waals surface area contributed by atoms with Crippen molar-refractivity contribution in [3.05, 3.63) is 191 Å². The van der Waals surface area contributed by atoms with E-state index in [1.807, 2.05) is 0 Å². The molecule has 0 fully saturated rings. The molecule has 2 heterocycles. The third-order valence-corrected chi connectivity index (χ3v) is 11.3. The Morgan fingerprint density at radius 3 is 0.846 bits per heavy atom. The van der Waals surface area contributed by atoms with Crippen molar-refractivity contribution < 1.29 is 0 Å². The molecule has 4 heteroatoms. The Morgan fingerprint density at radius 2 is 0.538 bits per heavy atom. The zero-order valence-electron chi connectivity index (χ0n) is 28.0. The first-order valence-electron chi connectivity index (χ1n) is 17.4.